The zero-order chi connectivity index (χ0) is 18.5. The first-order chi connectivity index (χ1) is 11.7. The molecule has 5 heteroatoms. The maximum atomic E-state index is 11.5. The normalized spacial score (nSPS) is 18.5. The Balaban J connectivity index is 0. The summed E-state index contributed by atoms with van der Waals surface area (Å²) in [5.74, 6) is -0.0721. The quantitative estimate of drug-likeness (QED) is 0.631. The second kappa shape index (κ2) is 21.9. The van der Waals surface area contributed by atoms with Gasteiger partial charge in [-0.3, -0.25) is 9.59 Å². The van der Waals surface area contributed by atoms with Gasteiger partial charge in [0.2, 0.25) is 11.8 Å². The Labute approximate surface area is 149 Å². The van der Waals surface area contributed by atoms with Gasteiger partial charge >= 0.3 is 0 Å². The fraction of sp³-hybridized carbons (Fsp3) is 0.895. The molecule has 0 saturated carbocycles. The summed E-state index contributed by atoms with van der Waals surface area (Å²) in [6.45, 7) is 4.85. The van der Waals surface area contributed by atoms with Crippen molar-refractivity contribution in [2.45, 2.75) is 84.5 Å². The lowest BCUT2D eigenvalue weighted by Gasteiger charge is -2.06. The standard InChI is InChI=1S/C15H28N2O2.C2H7N.C2H6/c18-14-11-9-7-5-3-1-2-4-6-8-10-12-16-15(19)13-17-14;1-3-2;1-2/h1-13H2,(H,16,19)(H,17,18);3H,1-2H3;1-2H3. The van der Waals surface area contributed by atoms with Gasteiger partial charge in [-0.15, -0.1) is 0 Å². The molecule has 0 radical (unpaired) electrons. The Hall–Kier alpha value is -1.10. The van der Waals surface area contributed by atoms with Crippen molar-refractivity contribution in [3.8, 4) is 0 Å². The van der Waals surface area contributed by atoms with Crippen LogP contribution in [0.2, 0.25) is 0 Å². The van der Waals surface area contributed by atoms with Gasteiger partial charge in [-0.1, -0.05) is 65.2 Å². The smallest absolute Gasteiger partial charge is 0.239 e. The average Bonchev–Trinajstić information content (AvgIpc) is 2.59. The van der Waals surface area contributed by atoms with Crippen molar-refractivity contribution in [3.05, 3.63) is 0 Å². The molecule has 5 nitrogen and oxygen atoms in total. The highest BCUT2D eigenvalue weighted by molar-refractivity contribution is 5.84. The van der Waals surface area contributed by atoms with Crippen LogP contribution in [0.25, 0.3) is 0 Å². The van der Waals surface area contributed by atoms with E-state index < -0.39 is 0 Å². The third-order valence-corrected chi connectivity index (χ3v) is 3.60. The van der Waals surface area contributed by atoms with E-state index in [1.54, 1.807) is 0 Å². The second-order valence-corrected chi connectivity index (χ2v) is 5.91. The molecule has 0 aromatic carbocycles. The van der Waals surface area contributed by atoms with E-state index in [1.807, 2.05) is 27.9 Å². The van der Waals surface area contributed by atoms with Crippen LogP contribution in [-0.2, 0) is 9.59 Å². The summed E-state index contributed by atoms with van der Waals surface area (Å²) in [6.07, 6.45) is 12.6. The van der Waals surface area contributed by atoms with Crippen LogP contribution in [0.15, 0.2) is 0 Å². The Bertz CT molecular complexity index is 258. The second-order valence-electron chi connectivity index (χ2n) is 5.91. The summed E-state index contributed by atoms with van der Waals surface area (Å²) >= 11 is 0. The van der Waals surface area contributed by atoms with Gasteiger partial charge in [0, 0.05) is 13.0 Å². The monoisotopic (exact) mass is 343 g/mol. The van der Waals surface area contributed by atoms with E-state index in [0.29, 0.717) is 6.42 Å². The van der Waals surface area contributed by atoms with Gasteiger partial charge < -0.3 is 16.0 Å². The molecule has 1 fully saturated rings. The Morgan fingerprint density at radius 1 is 0.667 bits per heavy atom. The summed E-state index contributed by atoms with van der Waals surface area (Å²) in [5, 5.41) is 8.27. The van der Waals surface area contributed by atoms with Crippen molar-refractivity contribution in [2.24, 2.45) is 0 Å². The maximum absolute atomic E-state index is 11.5. The van der Waals surface area contributed by atoms with Gasteiger partial charge in [-0.2, -0.15) is 0 Å². The van der Waals surface area contributed by atoms with Gasteiger partial charge in [0.05, 0.1) is 6.54 Å². The number of nitrogens with one attached hydrogen (secondary N) is 3. The highest BCUT2D eigenvalue weighted by atomic mass is 16.2. The molecule has 24 heavy (non-hydrogen) atoms. The number of carbonyl (C=O) groups excluding carboxylic acids is 2. The highest BCUT2D eigenvalue weighted by Gasteiger charge is 2.05. The first-order valence-electron chi connectivity index (χ1n) is 9.82. The first-order valence-corrected chi connectivity index (χ1v) is 9.82. The van der Waals surface area contributed by atoms with E-state index in [2.05, 4.69) is 16.0 Å². The van der Waals surface area contributed by atoms with E-state index in [-0.39, 0.29) is 18.4 Å². The fourth-order valence-electron chi connectivity index (χ4n) is 2.38. The summed E-state index contributed by atoms with van der Waals surface area (Å²) < 4.78 is 0. The lowest BCUT2D eigenvalue weighted by Crippen LogP contribution is -2.37. The predicted octanol–water partition coefficient (Wildman–Crippen LogP) is 3.39. The molecule has 0 aromatic heterocycles. The summed E-state index contributed by atoms with van der Waals surface area (Å²) in [7, 11) is 3.75. The minimum absolute atomic E-state index is 0.000494. The maximum Gasteiger partial charge on any atom is 0.239 e. The molecular formula is C19H41N3O2. The van der Waals surface area contributed by atoms with Crippen LogP contribution in [0, 0.1) is 0 Å². The third-order valence-electron chi connectivity index (χ3n) is 3.60. The van der Waals surface area contributed by atoms with Crippen LogP contribution in [-0.4, -0.2) is 39.0 Å². The van der Waals surface area contributed by atoms with Gasteiger partial charge in [0.15, 0.2) is 0 Å². The summed E-state index contributed by atoms with van der Waals surface area (Å²) in [6, 6.07) is 0. The van der Waals surface area contributed by atoms with E-state index in [0.717, 1.165) is 25.8 Å². The number of carbonyl (C=O) groups is 2. The lowest BCUT2D eigenvalue weighted by molar-refractivity contribution is -0.126. The largest absolute Gasteiger partial charge is 0.355 e. The summed E-state index contributed by atoms with van der Waals surface area (Å²) in [4.78, 5) is 22.9. The van der Waals surface area contributed by atoms with Crippen LogP contribution >= 0.6 is 0 Å². The lowest BCUT2D eigenvalue weighted by atomic mass is 10.1. The zero-order valence-corrected chi connectivity index (χ0v) is 16.5. The molecule has 3 N–H and O–H groups in total. The molecule has 1 aliphatic rings. The minimum atomic E-state index is -0.0716. The van der Waals surface area contributed by atoms with Crippen molar-refractivity contribution in [1.82, 2.24) is 16.0 Å². The number of hydrogen-bond acceptors (Lipinski definition) is 3. The molecule has 1 aliphatic heterocycles. The molecule has 144 valence electrons. The first kappa shape index (κ1) is 25.1. The topological polar surface area (TPSA) is 70.2 Å². The molecule has 0 atom stereocenters. The van der Waals surface area contributed by atoms with Gasteiger partial charge in [0.25, 0.3) is 0 Å². The molecule has 0 unspecified atom stereocenters. The Kier molecular flexibility index (Phi) is 22.9. The molecule has 1 rings (SSSR count). The average molecular weight is 344 g/mol. The molecule has 0 bridgehead atoms. The number of hydrogen-bond donors (Lipinski definition) is 3. The molecule has 1 saturated heterocycles. The molecule has 1 heterocycles. The van der Waals surface area contributed by atoms with E-state index >= 15 is 0 Å². The molecule has 0 aromatic rings. The van der Waals surface area contributed by atoms with E-state index in [9.17, 15) is 9.59 Å². The highest BCUT2D eigenvalue weighted by Crippen LogP contribution is 2.11. The minimum Gasteiger partial charge on any atom is -0.355 e. The van der Waals surface area contributed by atoms with Crippen LogP contribution < -0.4 is 16.0 Å². The van der Waals surface area contributed by atoms with Crippen molar-refractivity contribution in [2.75, 3.05) is 27.2 Å². The zero-order valence-electron chi connectivity index (χ0n) is 16.5. The van der Waals surface area contributed by atoms with Gasteiger partial charge in [0.1, 0.15) is 0 Å². The fourth-order valence-corrected chi connectivity index (χ4v) is 2.38. The van der Waals surface area contributed by atoms with Crippen molar-refractivity contribution in [1.29, 1.82) is 0 Å². The predicted molar refractivity (Wildman–Crippen MR) is 103 cm³/mol. The number of rotatable bonds is 0. The van der Waals surface area contributed by atoms with Crippen molar-refractivity contribution >= 4 is 11.8 Å². The van der Waals surface area contributed by atoms with E-state index in [4.69, 9.17) is 0 Å². The van der Waals surface area contributed by atoms with Crippen LogP contribution in [0.5, 0.6) is 0 Å². The summed E-state index contributed by atoms with van der Waals surface area (Å²) in [5.41, 5.74) is 0. The van der Waals surface area contributed by atoms with E-state index in [1.165, 1.54) is 44.9 Å². The van der Waals surface area contributed by atoms with Gasteiger partial charge in [-0.25, -0.2) is 0 Å². The SMILES string of the molecule is CC.CNC.O=C1CCCCCCCCCCCCNC(=O)CN1. The molecular weight excluding hydrogens is 302 g/mol. The number of amides is 2. The molecule has 0 aliphatic carbocycles. The van der Waals surface area contributed by atoms with Crippen LogP contribution in [0.3, 0.4) is 0 Å². The molecule has 2 amide bonds. The third kappa shape index (κ3) is 20.9. The van der Waals surface area contributed by atoms with Gasteiger partial charge in [-0.05, 0) is 26.9 Å². The Morgan fingerprint density at radius 3 is 1.58 bits per heavy atom. The van der Waals surface area contributed by atoms with Crippen molar-refractivity contribution < 1.29 is 9.59 Å². The van der Waals surface area contributed by atoms with Crippen molar-refractivity contribution in [3.63, 3.8) is 0 Å². The van der Waals surface area contributed by atoms with Crippen LogP contribution in [0.4, 0.5) is 0 Å². The molecule has 0 spiro atoms. The van der Waals surface area contributed by atoms with Crippen LogP contribution in [0.1, 0.15) is 84.5 Å². The Morgan fingerprint density at radius 2 is 1.08 bits per heavy atom.